The molecule has 3 saturated carbocycles. The fraction of sp³-hybridized carbons (Fsp3) is 0.800. The van der Waals surface area contributed by atoms with Crippen molar-refractivity contribution in [3.8, 4) is 0 Å². The Kier molecular flexibility index (Phi) is 2.63. The topological polar surface area (TPSA) is 56.0 Å². The van der Waals surface area contributed by atoms with Crippen LogP contribution in [0.25, 0.3) is 0 Å². The van der Waals surface area contributed by atoms with Crippen LogP contribution in [0, 0.1) is 5.41 Å². The van der Waals surface area contributed by atoms with E-state index < -0.39 is 0 Å². The van der Waals surface area contributed by atoms with Crippen LogP contribution in [0.5, 0.6) is 0 Å². The fourth-order valence-corrected chi connectivity index (χ4v) is 3.45. The molecule has 0 aliphatic heterocycles. The molecular weight excluding hydrogens is 240 g/mol. The van der Waals surface area contributed by atoms with Crippen LogP contribution >= 0.6 is 0 Å². The Morgan fingerprint density at radius 3 is 2.05 bits per heavy atom. The molecule has 0 atom stereocenters. The summed E-state index contributed by atoms with van der Waals surface area (Å²) in [4.78, 5) is 11.3. The van der Waals surface area contributed by atoms with Gasteiger partial charge >= 0.3 is 0 Å². The maximum atomic E-state index is 11.3. The molecule has 0 unspecified atom stereocenters. The number of carbonyl (C=O) groups excluding carboxylic acids is 1. The highest BCUT2D eigenvalue weighted by molar-refractivity contribution is 5.60. The molecule has 1 aromatic rings. The largest absolute Gasteiger partial charge is 0.424 e. The van der Waals surface area contributed by atoms with Crippen LogP contribution in [0.2, 0.25) is 0 Å². The van der Waals surface area contributed by atoms with Gasteiger partial charge in [-0.1, -0.05) is 20.8 Å². The van der Waals surface area contributed by atoms with Crippen molar-refractivity contribution in [3.05, 3.63) is 11.8 Å². The summed E-state index contributed by atoms with van der Waals surface area (Å²) in [5, 5.41) is 8.54. The van der Waals surface area contributed by atoms with E-state index >= 15 is 0 Å². The molecule has 3 aliphatic rings. The van der Waals surface area contributed by atoms with Crippen LogP contribution in [0.1, 0.15) is 71.1 Å². The SMILES string of the molecule is CC(C)(C)c1nnc(C23CCC(C=O)(CC2)CC3)o1. The number of aromatic nitrogens is 2. The van der Waals surface area contributed by atoms with Crippen molar-refractivity contribution in [2.24, 2.45) is 5.41 Å². The predicted molar refractivity (Wildman–Crippen MR) is 70.9 cm³/mol. The smallest absolute Gasteiger partial charge is 0.222 e. The van der Waals surface area contributed by atoms with Gasteiger partial charge in [-0.25, -0.2) is 0 Å². The molecule has 2 bridgehead atoms. The molecule has 4 heteroatoms. The maximum absolute atomic E-state index is 11.3. The van der Waals surface area contributed by atoms with E-state index in [-0.39, 0.29) is 16.2 Å². The van der Waals surface area contributed by atoms with Gasteiger partial charge < -0.3 is 9.21 Å². The highest BCUT2D eigenvalue weighted by Gasteiger charge is 2.52. The molecule has 4 rings (SSSR count). The highest BCUT2D eigenvalue weighted by Crippen LogP contribution is 2.56. The Labute approximate surface area is 114 Å². The zero-order chi connectivity index (χ0) is 13.7. The summed E-state index contributed by atoms with van der Waals surface area (Å²) < 4.78 is 5.96. The van der Waals surface area contributed by atoms with Gasteiger partial charge in [0.25, 0.3) is 0 Å². The minimum Gasteiger partial charge on any atom is -0.424 e. The van der Waals surface area contributed by atoms with E-state index in [1.54, 1.807) is 0 Å². The molecule has 3 aliphatic carbocycles. The quantitative estimate of drug-likeness (QED) is 0.768. The van der Waals surface area contributed by atoms with Gasteiger partial charge in [0.1, 0.15) is 6.29 Å². The minimum absolute atomic E-state index is 0.0429. The Morgan fingerprint density at radius 2 is 1.63 bits per heavy atom. The summed E-state index contributed by atoms with van der Waals surface area (Å²) in [6, 6.07) is 0. The second-order valence-corrected chi connectivity index (χ2v) is 7.42. The molecule has 0 amide bonds. The van der Waals surface area contributed by atoms with Crippen molar-refractivity contribution in [2.75, 3.05) is 0 Å². The molecular formula is C15H22N2O2. The molecule has 0 radical (unpaired) electrons. The molecule has 104 valence electrons. The molecule has 0 N–H and O–H groups in total. The van der Waals surface area contributed by atoms with Gasteiger partial charge in [0, 0.05) is 16.2 Å². The van der Waals surface area contributed by atoms with Gasteiger partial charge in [-0.05, 0) is 38.5 Å². The molecule has 1 aromatic heterocycles. The van der Waals surface area contributed by atoms with E-state index in [1.165, 1.54) is 6.29 Å². The Balaban J connectivity index is 1.88. The zero-order valence-corrected chi connectivity index (χ0v) is 12.0. The first kappa shape index (κ1) is 12.8. The summed E-state index contributed by atoms with van der Waals surface area (Å²) in [5.74, 6) is 1.52. The molecule has 3 fully saturated rings. The molecule has 0 aromatic carbocycles. The second-order valence-electron chi connectivity index (χ2n) is 7.42. The highest BCUT2D eigenvalue weighted by atomic mass is 16.4. The van der Waals surface area contributed by atoms with Crippen molar-refractivity contribution in [1.82, 2.24) is 10.2 Å². The van der Waals surface area contributed by atoms with Crippen molar-refractivity contribution >= 4 is 6.29 Å². The number of carbonyl (C=O) groups is 1. The van der Waals surface area contributed by atoms with Crippen LogP contribution in [-0.4, -0.2) is 16.5 Å². The third-order valence-electron chi connectivity index (χ3n) is 5.07. The molecule has 0 saturated heterocycles. The summed E-state index contributed by atoms with van der Waals surface area (Å²) in [6.45, 7) is 6.25. The fourth-order valence-electron chi connectivity index (χ4n) is 3.45. The van der Waals surface area contributed by atoms with Gasteiger partial charge in [0.15, 0.2) is 0 Å². The summed E-state index contributed by atoms with van der Waals surface area (Å²) in [5.41, 5.74) is -0.104. The van der Waals surface area contributed by atoms with Gasteiger partial charge in [-0.2, -0.15) is 0 Å². The summed E-state index contributed by atoms with van der Waals surface area (Å²) >= 11 is 0. The standard InChI is InChI=1S/C15H22N2O2/c1-13(2,3)11-16-17-12(19-11)15-7-4-14(10-18,5-8-15)6-9-15/h10H,4-9H2,1-3H3. The van der Waals surface area contributed by atoms with Crippen molar-refractivity contribution in [2.45, 2.75) is 70.1 Å². The van der Waals surface area contributed by atoms with Crippen LogP contribution in [-0.2, 0) is 15.6 Å². The lowest BCUT2D eigenvalue weighted by Gasteiger charge is -2.49. The van der Waals surface area contributed by atoms with Crippen LogP contribution in [0.15, 0.2) is 4.42 Å². The minimum atomic E-state index is -0.0994. The molecule has 19 heavy (non-hydrogen) atoms. The number of aldehydes is 1. The second kappa shape index (κ2) is 3.90. The van der Waals surface area contributed by atoms with Crippen LogP contribution < -0.4 is 0 Å². The van der Waals surface area contributed by atoms with E-state index in [2.05, 4.69) is 31.0 Å². The van der Waals surface area contributed by atoms with Gasteiger partial charge in [0.2, 0.25) is 11.8 Å². The lowest BCUT2D eigenvalue weighted by molar-refractivity contribution is -0.122. The molecule has 0 spiro atoms. The first-order valence-corrected chi connectivity index (χ1v) is 7.20. The zero-order valence-electron chi connectivity index (χ0n) is 12.0. The van der Waals surface area contributed by atoms with Crippen molar-refractivity contribution in [3.63, 3.8) is 0 Å². The first-order valence-electron chi connectivity index (χ1n) is 7.20. The van der Waals surface area contributed by atoms with E-state index in [9.17, 15) is 4.79 Å². The van der Waals surface area contributed by atoms with Crippen molar-refractivity contribution < 1.29 is 9.21 Å². The monoisotopic (exact) mass is 262 g/mol. The van der Waals surface area contributed by atoms with Crippen molar-refractivity contribution in [1.29, 1.82) is 0 Å². The van der Waals surface area contributed by atoms with Gasteiger partial charge in [-0.15, -0.1) is 10.2 Å². The van der Waals surface area contributed by atoms with E-state index in [0.717, 1.165) is 50.3 Å². The molecule has 4 nitrogen and oxygen atoms in total. The van der Waals surface area contributed by atoms with E-state index in [4.69, 9.17) is 4.42 Å². The number of hydrogen-bond donors (Lipinski definition) is 0. The number of nitrogens with zero attached hydrogens (tertiary/aromatic N) is 2. The average molecular weight is 262 g/mol. The number of rotatable bonds is 2. The lowest BCUT2D eigenvalue weighted by Crippen LogP contribution is -2.45. The van der Waals surface area contributed by atoms with E-state index in [1.807, 2.05) is 0 Å². The Morgan fingerprint density at radius 1 is 1.05 bits per heavy atom. The summed E-state index contributed by atoms with van der Waals surface area (Å²) in [6.07, 6.45) is 7.15. The Bertz CT molecular complexity index is 474. The van der Waals surface area contributed by atoms with E-state index in [0.29, 0.717) is 0 Å². The number of fused-ring (bicyclic) bond motifs is 3. The Hall–Kier alpha value is -1.19. The van der Waals surface area contributed by atoms with Gasteiger partial charge in [0.05, 0.1) is 0 Å². The number of hydrogen-bond acceptors (Lipinski definition) is 4. The van der Waals surface area contributed by atoms with Crippen LogP contribution in [0.3, 0.4) is 0 Å². The summed E-state index contributed by atoms with van der Waals surface area (Å²) in [7, 11) is 0. The van der Waals surface area contributed by atoms with Crippen LogP contribution in [0.4, 0.5) is 0 Å². The lowest BCUT2D eigenvalue weighted by atomic mass is 9.54. The maximum Gasteiger partial charge on any atom is 0.222 e. The van der Waals surface area contributed by atoms with Gasteiger partial charge in [-0.3, -0.25) is 0 Å². The third kappa shape index (κ3) is 1.92. The third-order valence-corrected chi connectivity index (χ3v) is 5.07. The normalized spacial score (nSPS) is 34.5. The first-order chi connectivity index (χ1) is 8.89. The average Bonchev–Trinajstić information content (AvgIpc) is 2.91. The molecule has 1 heterocycles. The predicted octanol–water partition coefficient (Wildman–Crippen LogP) is 3.16.